The van der Waals surface area contributed by atoms with E-state index in [1.54, 1.807) is 11.9 Å². The number of aliphatic imine (C=N–C) groups is 1. The van der Waals surface area contributed by atoms with Crippen molar-refractivity contribution in [2.75, 3.05) is 20.1 Å². The van der Waals surface area contributed by atoms with Gasteiger partial charge in [0.15, 0.2) is 0 Å². The summed E-state index contributed by atoms with van der Waals surface area (Å²) in [6.45, 7) is 7.91. The number of hydrogen-bond acceptors (Lipinski definition) is 5. The molecule has 0 bridgehead atoms. The Hall–Kier alpha value is -2.12. The van der Waals surface area contributed by atoms with Crippen LogP contribution in [0.3, 0.4) is 0 Å². The lowest BCUT2D eigenvalue weighted by Gasteiger charge is -2.39. The molecule has 0 unspecified atom stereocenters. The van der Waals surface area contributed by atoms with Crippen LogP contribution in [0.2, 0.25) is 0 Å². The zero-order valence-corrected chi connectivity index (χ0v) is 15.0. The molecule has 0 saturated carbocycles. The molecule has 1 N–H and O–H groups in total. The molecule has 8 heteroatoms. The third-order valence-corrected chi connectivity index (χ3v) is 4.24. The number of carbonyl (C=O) groups is 3. The number of ether oxygens (including phenoxy) is 1. The minimum Gasteiger partial charge on any atom is -0.444 e. The van der Waals surface area contributed by atoms with E-state index >= 15 is 0 Å². The number of piperidine rings is 1. The number of amides is 3. The highest BCUT2D eigenvalue weighted by atomic mass is 16.6. The Kier molecular flexibility index (Phi) is 5.15. The minimum atomic E-state index is -0.576. The largest absolute Gasteiger partial charge is 0.444 e. The van der Waals surface area contributed by atoms with Gasteiger partial charge in [0.2, 0.25) is 11.9 Å². The van der Waals surface area contributed by atoms with Crippen LogP contribution in [0.4, 0.5) is 4.79 Å². The van der Waals surface area contributed by atoms with Crippen molar-refractivity contribution in [1.29, 1.82) is 0 Å². The van der Waals surface area contributed by atoms with Crippen LogP contribution in [-0.2, 0) is 14.3 Å². The fourth-order valence-electron chi connectivity index (χ4n) is 2.87. The van der Waals surface area contributed by atoms with Crippen LogP contribution in [0, 0.1) is 5.92 Å². The second kappa shape index (κ2) is 6.78. The van der Waals surface area contributed by atoms with Crippen molar-refractivity contribution in [3.63, 3.8) is 0 Å². The van der Waals surface area contributed by atoms with Gasteiger partial charge in [-0.15, -0.1) is 0 Å². The van der Waals surface area contributed by atoms with E-state index in [1.807, 2.05) is 27.7 Å². The Labute approximate surface area is 142 Å². The SMILES string of the molecule is C[C@@H]1[C@H](C(=O)NC2=NCC(=O)N2C)CCCN1C(=O)OC(C)(C)C. The molecule has 3 amide bonds. The van der Waals surface area contributed by atoms with Gasteiger partial charge in [-0.25, -0.2) is 9.79 Å². The summed E-state index contributed by atoms with van der Waals surface area (Å²) in [4.78, 5) is 43.3. The van der Waals surface area contributed by atoms with Crippen LogP contribution < -0.4 is 5.32 Å². The van der Waals surface area contributed by atoms with Crippen LogP contribution in [0.1, 0.15) is 40.5 Å². The van der Waals surface area contributed by atoms with Gasteiger partial charge in [0, 0.05) is 19.6 Å². The maximum atomic E-state index is 12.6. The number of likely N-dealkylation sites (tertiary alicyclic amines) is 1. The summed E-state index contributed by atoms with van der Waals surface area (Å²) in [5, 5.41) is 2.70. The van der Waals surface area contributed by atoms with Crippen molar-refractivity contribution >= 4 is 23.9 Å². The Morgan fingerprint density at radius 3 is 2.54 bits per heavy atom. The first-order valence-electron chi connectivity index (χ1n) is 8.21. The molecule has 1 saturated heterocycles. The molecule has 2 aliphatic heterocycles. The molecule has 2 aliphatic rings. The van der Waals surface area contributed by atoms with Crippen LogP contribution in [-0.4, -0.2) is 65.4 Å². The normalized spacial score (nSPS) is 24.7. The van der Waals surface area contributed by atoms with E-state index in [-0.39, 0.29) is 36.3 Å². The molecule has 24 heavy (non-hydrogen) atoms. The van der Waals surface area contributed by atoms with Gasteiger partial charge in [-0.05, 0) is 40.5 Å². The number of rotatable bonds is 1. The first kappa shape index (κ1) is 18.2. The van der Waals surface area contributed by atoms with Gasteiger partial charge in [0.25, 0.3) is 5.91 Å². The standard InChI is InChI=1S/C16H26N4O4/c1-10-11(13(22)18-14-17-9-12(21)19(14)5)7-6-8-20(10)15(23)24-16(2,3)4/h10-11H,6-9H2,1-5H3,(H,17,18,22)/t10-,11-/m1/s1. The topological polar surface area (TPSA) is 91.3 Å². The first-order valence-corrected chi connectivity index (χ1v) is 8.21. The Morgan fingerprint density at radius 1 is 1.33 bits per heavy atom. The summed E-state index contributed by atoms with van der Waals surface area (Å²) in [6.07, 6.45) is 0.998. The average Bonchev–Trinajstić information content (AvgIpc) is 2.77. The van der Waals surface area contributed by atoms with E-state index in [9.17, 15) is 14.4 Å². The number of carbonyl (C=O) groups excluding carboxylic acids is 3. The molecule has 8 nitrogen and oxygen atoms in total. The monoisotopic (exact) mass is 338 g/mol. The second-order valence-electron chi connectivity index (χ2n) is 7.24. The maximum Gasteiger partial charge on any atom is 0.410 e. The molecule has 1 fully saturated rings. The molecule has 0 aromatic heterocycles. The van der Waals surface area contributed by atoms with Gasteiger partial charge < -0.3 is 9.64 Å². The highest BCUT2D eigenvalue weighted by Gasteiger charge is 2.38. The maximum absolute atomic E-state index is 12.6. The summed E-state index contributed by atoms with van der Waals surface area (Å²) in [7, 11) is 1.58. The molecule has 0 radical (unpaired) electrons. The van der Waals surface area contributed by atoms with Gasteiger partial charge in [0.05, 0.1) is 5.92 Å². The number of hydrogen-bond donors (Lipinski definition) is 1. The molecule has 0 spiro atoms. The lowest BCUT2D eigenvalue weighted by molar-refractivity contribution is -0.127. The Morgan fingerprint density at radius 2 is 2.00 bits per heavy atom. The molecule has 0 aromatic rings. The predicted octanol–water partition coefficient (Wildman–Crippen LogP) is 0.966. The van der Waals surface area contributed by atoms with Crippen molar-refractivity contribution in [3.8, 4) is 0 Å². The molecule has 2 heterocycles. The molecular formula is C16H26N4O4. The van der Waals surface area contributed by atoms with Gasteiger partial charge in [0.1, 0.15) is 12.1 Å². The number of guanidine groups is 1. The van der Waals surface area contributed by atoms with E-state index in [4.69, 9.17) is 4.74 Å². The zero-order valence-electron chi connectivity index (χ0n) is 15.0. The predicted molar refractivity (Wildman–Crippen MR) is 88.3 cm³/mol. The van der Waals surface area contributed by atoms with Crippen molar-refractivity contribution in [1.82, 2.24) is 15.1 Å². The summed E-state index contributed by atoms with van der Waals surface area (Å²) in [6, 6.07) is -0.281. The van der Waals surface area contributed by atoms with Gasteiger partial charge >= 0.3 is 6.09 Å². The molecule has 2 rings (SSSR count). The fourth-order valence-corrected chi connectivity index (χ4v) is 2.87. The fraction of sp³-hybridized carbons (Fsp3) is 0.750. The molecule has 0 aliphatic carbocycles. The molecular weight excluding hydrogens is 312 g/mol. The van der Waals surface area contributed by atoms with E-state index in [1.165, 1.54) is 4.90 Å². The van der Waals surface area contributed by atoms with Crippen molar-refractivity contribution in [2.24, 2.45) is 10.9 Å². The van der Waals surface area contributed by atoms with E-state index < -0.39 is 11.7 Å². The quantitative estimate of drug-likeness (QED) is 0.771. The summed E-state index contributed by atoms with van der Waals surface area (Å²) < 4.78 is 5.42. The van der Waals surface area contributed by atoms with Crippen LogP contribution >= 0.6 is 0 Å². The molecule has 0 aromatic carbocycles. The van der Waals surface area contributed by atoms with Crippen molar-refractivity contribution < 1.29 is 19.1 Å². The molecule has 134 valence electrons. The van der Waals surface area contributed by atoms with Crippen molar-refractivity contribution in [3.05, 3.63) is 0 Å². The highest BCUT2D eigenvalue weighted by Crippen LogP contribution is 2.25. The third-order valence-electron chi connectivity index (χ3n) is 4.24. The summed E-state index contributed by atoms with van der Waals surface area (Å²) in [5.74, 6) is -0.474. The van der Waals surface area contributed by atoms with Gasteiger partial charge in [-0.2, -0.15) is 0 Å². The first-order chi connectivity index (χ1) is 11.1. The smallest absolute Gasteiger partial charge is 0.410 e. The number of likely N-dealkylation sites (N-methyl/N-ethyl adjacent to an activating group) is 1. The Balaban J connectivity index is 2.01. The lowest BCUT2D eigenvalue weighted by Crippen LogP contribution is -2.54. The van der Waals surface area contributed by atoms with E-state index in [2.05, 4.69) is 10.3 Å². The van der Waals surface area contributed by atoms with E-state index in [0.717, 1.165) is 6.42 Å². The number of nitrogens with zero attached hydrogens (tertiary/aromatic N) is 3. The third kappa shape index (κ3) is 4.04. The summed E-state index contributed by atoms with van der Waals surface area (Å²) >= 11 is 0. The highest BCUT2D eigenvalue weighted by molar-refractivity contribution is 6.08. The minimum absolute atomic E-state index is 0.0520. The lowest BCUT2D eigenvalue weighted by atomic mass is 9.89. The van der Waals surface area contributed by atoms with Gasteiger partial charge in [-0.3, -0.25) is 19.8 Å². The average molecular weight is 338 g/mol. The van der Waals surface area contributed by atoms with Crippen LogP contribution in [0.25, 0.3) is 0 Å². The summed E-state index contributed by atoms with van der Waals surface area (Å²) in [5.41, 5.74) is -0.576. The van der Waals surface area contributed by atoms with Crippen LogP contribution in [0.15, 0.2) is 4.99 Å². The van der Waals surface area contributed by atoms with Gasteiger partial charge in [-0.1, -0.05) is 0 Å². The second-order valence-corrected chi connectivity index (χ2v) is 7.24. The number of nitrogens with one attached hydrogen (secondary N) is 1. The van der Waals surface area contributed by atoms with Crippen LogP contribution in [0.5, 0.6) is 0 Å². The van der Waals surface area contributed by atoms with Crippen molar-refractivity contribution in [2.45, 2.75) is 52.2 Å². The Bertz CT molecular complexity index is 567. The zero-order chi connectivity index (χ0) is 18.1. The van der Waals surface area contributed by atoms with E-state index in [0.29, 0.717) is 13.0 Å². The molecule has 2 atom stereocenters.